The second kappa shape index (κ2) is 5.36. The van der Waals surface area contributed by atoms with E-state index in [1.807, 2.05) is 0 Å². The van der Waals surface area contributed by atoms with Crippen LogP contribution >= 0.6 is 11.5 Å². The second-order valence-electron chi connectivity index (χ2n) is 6.62. The number of fused-ring (bicyclic) bond motifs is 1. The van der Waals surface area contributed by atoms with Gasteiger partial charge in [0, 0.05) is 29.9 Å². The minimum absolute atomic E-state index is 0.0201. The minimum atomic E-state index is -0.0201. The molecule has 1 aliphatic rings. The van der Waals surface area contributed by atoms with Gasteiger partial charge in [0.15, 0.2) is 5.82 Å². The van der Waals surface area contributed by atoms with Gasteiger partial charge >= 0.3 is 0 Å². The Morgan fingerprint density at radius 3 is 2.76 bits per heavy atom. The third kappa shape index (κ3) is 2.92. The first-order valence-corrected chi connectivity index (χ1v) is 8.25. The van der Waals surface area contributed by atoms with Crippen molar-refractivity contribution in [1.82, 2.24) is 24.1 Å². The average Bonchev–Trinajstić information content (AvgIpc) is 3.03. The Labute approximate surface area is 129 Å². The van der Waals surface area contributed by atoms with Crippen LogP contribution in [0.1, 0.15) is 64.1 Å². The maximum Gasteiger partial charge on any atom is 0.203 e. The topological polar surface area (TPSA) is 68.5 Å². The fourth-order valence-corrected chi connectivity index (χ4v) is 3.33. The molecule has 1 aliphatic heterocycles. The summed E-state index contributed by atoms with van der Waals surface area (Å²) in [6.07, 6.45) is 3.45. The number of aromatic nitrogens is 5. The molecule has 2 aromatic heterocycles. The van der Waals surface area contributed by atoms with E-state index in [-0.39, 0.29) is 11.5 Å². The number of hydrogen-bond acceptors (Lipinski definition) is 6. The van der Waals surface area contributed by atoms with Gasteiger partial charge in [-0.25, -0.2) is 4.98 Å². The Kier molecular flexibility index (Phi) is 3.69. The Bertz CT molecular complexity index is 624. The molecule has 114 valence electrons. The fourth-order valence-electron chi connectivity index (χ4n) is 2.49. The summed E-state index contributed by atoms with van der Waals surface area (Å²) in [4.78, 5) is 4.58. The summed E-state index contributed by atoms with van der Waals surface area (Å²) in [6, 6.07) is 0.0881. The monoisotopic (exact) mass is 306 g/mol. The van der Waals surface area contributed by atoms with Crippen LogP contribution in [0.2, 0.25) is 0 Å². The summed E-state index contributed by atoms with van der Waals surface area (Å²) in [5.41, 5.74) is -0.0201. The lowest BCUT2D eigenvalue weighted by Crippen LogP contribution is -2.18. The first kappa shape index (κ1) is 14.4. The van der Waals surface area contributed by atoms with Crippen molar-refractivity contribution >= 4 is 16.7 Å². The molecule has 0 radical (unpaired) electrons. The predicted octanol–water partition coefficient (Wildman–Crippen LogP) is 2.94. The van der Waals surface area contributed by atoms with Crippen molar-refractivity contribution in [3.63, 3.8) is 0 Å². The van der Waals surface area contributed by atoms with Gasteiger partial charge in [-0.05, 0) is 19.8 Å². The lowest BCUT2D eigenvalue weighted by molar-refractivity contribution is 0.500. The highest BCUT2D eigenvalue weighted by atomic mass is 32.1. The Morgan fingerprint density at radius 1 is 1.24 bits per heavy atom. The van der Waals surface area contributed by atoms with Crippen LogP contribution in [-0.2, 0) is 18.4 Å². The van der Waals surface area contributed by atoms with Crippen molar-refractivity contribution in [2.75, 3.05) is 5.32 Å². The smallest absolute Gasteiger partial charge is 0.203 e. The molecule has 1 N–H and O–H groups in total. The third-order valence-corrected chi connectivity index (χ3v) is 4.36. The van der Waals surface area contributed by atoms with Crippen molar-refractivity contribution in [3.8, 4) is 0 Å². The van der Waals surface area contributed by atoms with Crippen LogP contribution in [0.4, 0.5) is 5.13 Å². The SMILES string of the molecule is CC(Nc1nc(C(C)(C)C)ns1)c1nnc2n1CCCC2. The molecule has 0 aliphatic carbocycles. The lowest BCUT2D eigenvalue weighted by atomic mass is 9.96. The van der Waals surface area contributed by atoms with E-state index in [9.17, 15) is 0 Å². The van der Waals surface area contributed by atoms with Crippen LogP contribution in [0.15, 0.2) is 0 Å². The standard InChI is InChI=1S/C14H22N6S/c1-9(11-18-17-10-7-5-6-8-20(10)11)15-13-16-12(19-21-13)14(2,3)4/h9H,5-8H2,1-4H3,(H,15,16,19). The predicted molar refractivity (Wildman–Crippen MR) is 83.6 cm³/mol. The zero-order valence-corrected chi connectivity index (χ0v) is 13.9. The van der Waals surface area contributed by atoms with Gasteiger partial charge in [-0.3, -0.25) is 0 Å². The number of aryl methyl sites for hydroxylation is 1. The molecule has 21 heavy (non-hydrogen) atoms. The first-order chi connectivity index (χ1) is 9.95. The summed E-state index contributed by atoms with van der Waals surface area (Å²) in [5.74, 6) is 2.99. The van der Waals surface area contributed by atoms with Gasteiger partial charge in [-0.2, -0.15) is 4.37 Å². The Morgan fingerprint density at radius 2 is 2.05 bits per heavy atom. The minimum Gasteiger partial charge on any atom is -0.351 e. The number of hydrogen-bond donors (Lipinski definition) is 1. The van der Waals surface area contributed by atoms with Crippen molar-refractivity contribution < 1.29 is 0 Å². The van der Waals surface area contributed by atoms with E-state index in [0.717, 1.165) is 35.6 Å². The molecule has 0 bridgehead atoms. The lowest BCUT2D eigenvalue weighted by Gasteiger charge is -2.18. The van der Waals surface area contributed by atoms with Crippen LogP contribution in [0.3, 0.4) is 0 Å². The molecule has 0 aromatic carbocycles. The van der Waals surface area contributed by atoms with Crippen LogP contribution in [0.25, 0.3) is 0 Å². The van der Waals surface area contributed by atoms with Gasteiger partial charge in [0.2, 0.25) is 5.13 Å². The number of nitrogens with zero attached hydrogens (tertiary/aromatic N) is 5. The van der Waals surface area contributed by atoms with Crippen LogP contribution in [0.5, 0.6) is 0 Å². The van der Waals surface area contributed by atoms with E-state index in [4.69, 9.17) is 0 Å². The molecule has 1 atom stereocenters. The maximum absolute atomic E-state index is 4.58. The number of nitrogens with one attached hydrogen (secondary N) is 1. The molecule has 7 heteroatoms. The van der Waals surface area contributed by atoms with Crippen molar-refractivity contribution in [1.29, 1.82) is 0 Å². The molecular formula is C14H22N6S. The zero-order chi connectivity index (χ0) is 15.0. The quantitative estimate of drug-likeness (QED) is 0.944. The van der Waals surface area contributed by atoms with E-state index in [1.54, 1.807) is 0 Å². The highest BCUT2D eigenvalue weighted by Crippen LogP contribution is 2.26. The van der Waals surface area contributed by atoms with E-state index < -0.39 is 0 Å². The molecule has 3 rings (SSSR count). The van der Waals surface area contributed by atoms with Crippen molar-refractivity contribution in [2.45, 2.75) is 65.0 Å². The normalized spacial score (nSPS) is 16.6. The van der Waals surface area contributed by atoms with E-state index in [2.05, 4.69) is 57.1 Å². The van der Waals surface area contributed by atoms with E-state index in [1.165, 1.54) is 24.4 Å². The van der Waals surface area contributed by atoms with Crippen molar-refractivity contribution in [2.24, 2.45) is 0 Å². The average molecular weight is 306 g/mol. The van der Waals surface area contributed by atoms with Crippen LogP contribution in [0, 0.1) is 0 Å². The molecule has 6 nitrogen and oxygen atoms in total. The van der Waals surface area contributed by atoms with Crippen LogP contribution in [-0.4, -0.2) is 24.1 Å². The Hall–Kier alpha value is -1.50. The molecule has 1 unspecified atom stereocenters. The summed E-state index contributed by atoms with van der Waals surface area (Å²) in [6.45, 7) is 9.49. The van der Waals surface area contributed by atoms with Crippen LogP contribution < -0.4 is 5.32 Å². The zero-order valence-electron chi connectivity index (χ0n) is 13.1. The van der Waals surface area contributed by atoms with Gasteiger partial charge in [-0.1, -0.05) is 20.8 Å². The van der Waals surface area contributed by atoms with Gasteiger partial charge < -0.3 is 9.88 Å². The molecule has 0 saturated carbocycles. The van der Waals surface area contributed by atoms with E-state index >= 15 is 0 Å². The van der Waals surface area contributed by atoms with Gasteiger partial charge in [0.25, 0.3) is 0 Å². The first-order valence-electron chi connectivity index (χ1n) is 7.48. The highest BCUT2D eigenvalue weighted by Gasteiger charge is 2.23. The second-order valence-corrected chi connectivity index (χ2v) is 7.37. The van der Waals surface area contributed by atoms with Gasteiger partial charge in [0.1, 0.15) is 11.6 Å². The molecule has 0 saturated heterocycles. The fraction of sp³-hybridized carbons (Fsp3) is 0.714. The molecule has 0 spiro atoms. The molecule has 3 heterocycles. The van der Waals surface area contributed by atoms with Gasteiger partial charge in [0.05, 0.1) is 6.04 Å². The highest BCUT2D eigenvalue weighted by molar-refractivity contribution is 7.09. The van der Waals surface area contributed by atoms with Gasteiger partial charge in [-0.15, -0.1) is 10.2 Å². The number of anilines is 1. The molecule has 2 aromatic rings. The maximum atomic E-state index is 4.58. The van der Waals surface area contributed by atoms with Crippen molar-refractivity contribution in [3.05, 3.63) is 17.5 Å². The molecular weight excluding hydrogens is 284 g/mol. The number of rotatable bonds is 3. The summed E-state index contributed by atoms with van der Waals surface area (Å²) in [7, 11) is 0. The third-order valence-electron chi connectivity index (χ3n) is 3.71. The molecule has 0 fully saturated rings. The Balaban J connectivity index is 1.76. The summed E-state index contributed by atoms with van der Waals surface area (Å²) < 4.78 is 6.68. The van der Waals surface area contributed by atoms with E-state index in [0.29, 0.717) is 0 Å². The summed E-state index contributed by atoms with van der Waals surface area (Å²) >= 11 is 1.41. The summed E-state index contributed by atoms with van der Waals surface area (Å²) in [5, 5.41) is 12.9. The molecule has 0 amide bonds. The largest absolute Gasteiger partial charge is 0.351 e.